The van der Waals surface area contributed by atoms with E-state index in [2.05, 4.69) is 19.7 Å². The fourth-order valence-corrected chi connectivity index (χ4v) is 1.17. The first kappa shape index (κ1) is 10.7. The van der Waals surface area contributed by atoms with Gasteiger partial charge in [0.25, 0.3) is 0 Å². The van der Waals surface area contributed by atoms with E-state index in [1.54, 1.807) is 0 Å². The van der Waals surface area contributed by atoms with Gasteiger partial charge in [-0.25, -0.2) is 0 Å². The molecule has 0 atom stereocenters. The minimum atomic E-state index is 0.793. The van der Waals surface area contributed by atoms with Crippen LogP contribution in [0.2, 0.25) is 0 Å². The first-order chi connectivity index (χ1) is 6.86. The average molecular weight is 185 g/mol. The lowest BCUT2D eigenvalue weighted by molar-refractivity contribution is 0.423. The van der Waals surface area contributed by atoms with Gasteiger partial charge in [0.15, 0.2) is 0 Å². The highest BCUT2D eigenvalue weighted by Crippen LogP contribution is 2.06. The standard InChI is InChI=1S/C13H15N/c1-3-10-14(11-4-2)12-13-8-6-5-7-9-13/h3-9H,1-2,10-11H2. The molecule has 0 aromatic heterocycles. The summed E-state index contributed by atoms with van der Waals surface area (Å²) in [7, 11) is 0. The van der Waals surface area contributed by atoms with Crippen molar-refractivity contribution in [1.82, 2.24) is 4.90 Å². The number of nitrogens with zero attached hydrogens (tertiary/aromatic N) is 1. The summed E-state index contributed by atoms with van der Waals surface area (Å²) in [5.74, 6) is 0. The molecule has 0 heterocycles. The van der Waals surface area contributed by atoms with Gasteiger partial charge in [-0.05, 0) is 5.56 Å². The molecule has 2 radical (unpaired) electrons. The lowest BCUT2D eigenvalue weighted by Gasteiger charge is -2.16. The molecule has 0 saturated heterocycles. The van der Waals surface area contributed by atoms with E-state index >= 15 is 0 Å². The van der Waals surface area contributed by atoms with E-state index in [0.717, 1.165) is 18.7 Å². The van der Waals surface area contributed by atoms with Crippen LogP contribution in [0.25, 0.3) is 0 Å². The van der Waals surface area contributed by atoms with Gasteiger partial charge in [-0.1, -0.05) is 42.5 Å². The minimum Gasteiger partial charge on any atom is -0.282 e. The van der Waals surface area contributed by atoms with Gasteiger partial charge in [0.05, 0.1) is 6.54 Å². The van der Waals surface area contributed by atoms with Gasteiger partial charge in [-0.15, -0.1) is 13.2 Å². The number of benzene rings is 1. The molecule has 0 fully saturated rings. The van der Waals surface area contributed by atoms with Gasteiger partial charge < -0.3 is 0 Å². The van der Waals surface area contributed by atoms with Crippen molar-refractivity contribution in [3.63, 3.8) is 0 Å². The molecule has 0 bridgehead atoms. The maximum Gasteiger partial charge on any atom is 0.0968 e. The molecular weight excluding hydrogens is 170 g/mol. The van der Waals surface area contributed by atoms with Crippen molar-refractivity contribution >= 4 is 0 Å². The van der Waals surface area contributed by atoms with Crippen molar-refractivity contribution < 1.29 is 0 Å². The van der Waals surface area contributed by atoms with Gasteiger partial charge >= 0.3 is 0 Å². The van der Waals surface area contributed by atoms with Crippen molar-refractivity contribution in [1.29, 1.82) is 0 Å². The summed E-state index contributed by atoms with van der Waals surface area (Å²) in [5.41, 5.74) is 1.08. The topological polar surface area (TPSA) is 3.24 Å². The maximum atomic E-state index is 3.71. The lowest BCUT2D eigenvalue weighted by Crippen LogP contribution is -2.21. The van der Waals surface area contributed by atoms with Crippen LogP contribution in [0.5, 0.6) is 0 Å². The van der Waals surface area contributed by atoms with Gasteiger partial charge in [0, 0.05) is 13.1 Å². The van der Waals surface area contributed by atoms with E-state index in [4.69, 9.17) is 0 Å². The Balaban J connectivity index is 2.54. The maximum absolute atomic E-state index is 3.71. The number of rotatable bonds is 6. The molecule has 1 rings (SSSR count). The van der Waals surface area contributed by atoms with Crippen molar-refractivity contribution in [2.75, 3.05) is 13.1 Å². The van der Waals surface area contributed by atoms with Gasteiger partial charge in [-0.2, -0.15) is 0 Å². The smallest absolute Gasteiger partial charge is 0.0968 e. The Hall–Kier alpha value is -1.34. The molecule has 1 aromatic rings. The van der Waals surface area contributed by atoms with Crippen molar-refractivity contribution in [3.8, 4) is 0 Å². The molecule has 0 amide bonds. The molecule has 0 saturated carbocycles. The number of hydrogen-bond acceptors (Lipinski definition) is 1. The van der Waals surface area contributed by atoms with Gasteiger partial charge in [0.2, 0.25) is 0 Å². The van der Waals surface area contributed by atoms with Crippen LogP contribution in [0.3, 0.4) is 0 Å². The monoisotopic (exact) mass is 185 g/mol. The Labute approximate surface area is 86.4 Å². The van der Waals surface area contributed by atoms with E-state index in [9.17, 15) is 0 Å². The summed E-state index contributed by atoms with van der Waals surface area (Å²) in [5, 5.41) is 0. The Kier molecular flexibility index (Phi) is 4.73. The SMILES string of the molecule is C=CCN([C]c1ccccc1)CC=C. The molecule has 0 aliphatic heterocycles. The molecule has 1 heteroatoms. The second-order valence-corrected chi connectivity index (χ2v) is 2.96. The molecule has 0 unspecified atom stereocenters. The number of hydrogen-bond donors (Lipinski definition) is 0. The van der Waals surface area contributed by atoms with Crippen LogP contribution in [0.15, 0.2) is 55.6 Å². The van der Waals surface area contributed by atoms with E-state index in [1.807, 2.05) is 47.4 Å². The summed E-state index contributed by atoms with van der Waals surface area (Å²) >= 11 is 0. The van der Waals surface area contributed by atoms with Crippen molar-refractivity contribution in [2.24, 2.45) is 0 Å². The molecule has 0 aliphatic carbocycles. The summed E-state index contributed by atoms with van der Waals surface area (Å²) < 4.78 is 0. The fraction of sp³-hybridized carbons (Fsp3) is 0.154. The summed E-state index contributed by atoms with van der Waals surface area (Å²) in [4.78, 5) is 2.04. The Bertz CT molecular complexity index is 267. The Morgan fingerprint density at radius 1 is 1.07 bits per heavy atom. The van der Waals surface area contributed by atoms with Crippen LogP contribution in [0.1, 0.15) is 5.56 Å². The van der Waals surface area contributed by atoms with Crippen LogP contribution in [0, 0.1) is 6.54 Å². The van der Waals surface area contributed by atoms with Crippen LogP contribution < -0.4 is 0 Å². The van der Waals surface area contributed by atoms with E-state index in [-0.39, 0.29) is 0 Å². The Morgan fingerprint density at radius 3 is 2.14 bits per heavy atom. The summed E-state index contributed by atoms with van der Waals surface area (Å²) in [6, 6.07) is 10.1. The van der Waals surface area contributed by atoms with Crippen LogP contribution in [-0.2, 0) is 0 Å². The fourth-order valence-electron chi connectivity index (χ4n) is 1.17. The first-order valence-corrected chi connectivity index (χ1v) is 4.65. The average Bonchev–Trinajstić information content (AvgIpc) is 2.20. The first-order valence-electron chi connectivity index (χ1n) is 4.65. The summed E-state index contributed by atoms with van der Waals surface area (Å²) in [6.07, 6.45) is 3.72. The van der Waals surface area contributed by atoms with Gasteiger partial charge in [0.1, 0.15) is 0 Å². The highest BCUT2D eigenvalue weighted by Gasteiger charge is 2.02. The largest absolute Gasteiger partial charge is 0.282 e. The molecule has 0 N–H and O–H groups in total. The zero-order valence-corrected chi connectivity index (χ0v) is 8.32. The zero-order chi connectivity index (χ0) is 10.2. The third kappa shape index (κ3) is 3.58. The second-order valence-electron chi connectivity index (χ2n) is 2.96. The minimum absolute atomic E-state index is 0.793. The third-order valence-corrected chi connectivity index (χ3v) is 1.76. The molecule has 1 nitrogen and oxygen atoms in total. The van der Waals surface area contributed by atoms with E-state index in [0.29, 0.717) is 0 Å². The molecule has 0 spiro atoms. The quantitative estimate of drug-likeness (QED) is 0.486. The van der Waals surface area contributed by atoms with E-state index < -0.39 is 0 Å². The van der Waals surface area contributed by atoms with Gasteiger partial charge in [-0.3, -0.25) is 4.90 Å². The van der Waals surface area contributed by atoms with Crippen molar-refractivity contribution in [2.45, 2.75) is 0 Å². The second kappa shape index (κ2) is 6.17. The third-order valence-electron chi connectivity index (χ3n) is 1.76. The Morgan fingerprint density at radius 2 is 1.64 bits per heavy atom. The summed E-state index contributed by atoms with van der Waals surface area (Å²) in [6.45, 7) is 12.3. The van der Waals surface area contributed by atoms with Crippen molar-refractivity contribution in [3.05, 3.63) is 67.7 Å². The predicted octanol–water partition coefficient (Wildman–Crippen LogP) is 2.75. The predicted molar refractivity (Wildman–Crippen MR) is 60.8 cm³/mol. The highest BCUT2D eigenvalue weighted by atomic mass is 15.1. The van der Waals surface area contributed by atoms with Crippen LogP contribution in [-0.4, -0.2) is 18.0 Å². The molecular formula is C13H15N. The lowest BCUT2D eigenvalue weighted by atomic mass is 10.2. The highest BCUT2D eigenvalue weighted by molar-refractivity contribution is 5.22. The van der Waals surface area contributed by atoms with Crippen LogP contribution in [0.4, 0.5) is 0 Å². The van der Waals surface area contributed by atoms with E-state index in [1.165, 1.54) is 0 Å². The molecule has 14 heavy (non-hydrogen) atoms. The molecule has 0 aliphatic rings. The normalized spacial score (nSPS) is 10.1. The van der Waals surface area contributed by atoms with Crippen LogP contribution >= 0.6 is 0 Å². The zero-order valence-electron chi connectivity index (χ0n) is 8.32. The molecule has 72 valence electrons. The molecule has 1 aromatic carbocycles.